The summed E-state index contributed by atoms with van der Waals surface area (Å²) in [5, 5.41) is 10.0. The Morgan fingerprint density at radius 3 is 2.64 bits per heavy atom. The fourth-order valence-corrected chi connectivity index (χ4v) is 2.05. The Bertz CT molecular complexity index is 818. The Labute approximate surface area is 133 Å². The van der Waals surface area contributed by atoms with Gasteiger partial charge in [-0.05, 0) is 42.5 Å². The zero-order valence-corrected chi connectivity index (χ0v) is 12.7. The molecule has 0 spiro atoms. The number of rotatable bonds is 3. The molecule has 0 aliphatic rings. The molecule has 110 valence electrons. The Morgan fingerprint density at radius 1 is 1.14 bits per heavy atom. The summed E-state index contributed by atoms with van der Waals surface area (Å²) in [5.41, 5.74) is 0.894. The van der Waals surface area contributed by atoms with Gasteiger partial charge in [0.15, 0.2) is 0 Å². The average molecular weight is 362 g/mol. The van der Waals surface area contributed by atoms with E-state index in [1.165, 1.54) is 18.2 Å². The van der Waals surface area contributed by atoms with Gasteiger partial charge in [0.1, 0.15) is 5.82 Å². The second-order valence-electron chi connectivity index (χ2n) is 4.38. The van der Waals surface area contributed by atoms with Crippen molar-refractivity contribution in [2.24, 2.45) is 0 Å². The normalized spacial score (nSPS) is 10.5. The van der Waals surface area contributed by atoms with Gasteiger partial charge in [-0.2, -0.15) is 0 Å². The summed E-state index contributed by atoms with van der Waals surface area (Å²) in [6, 6.07) is 12.5. The molecule has 0 saturated carbocycles. The molecule has 1 N–H and O–H groups in total. The summed E-state index contributed by atoms with van der Waals surface area (Å²) in [4.78, 5) is 12.0. The molecule has 0 atom stereocenters. The number of aromatic nitrogens is 2. The van der Waals surface area contributed by atoms with Gasteiger partial charge >= 0.3 is 6.01 Å². The van der Waals surface area contributed by atoms with Gasteiger partial charge in [-0.3, -0.25) is 10.1 Å². The van der Waals surface area contributed by atoms with Crippen molar-refractivity contribution in [3.8, 4) is 11.5 Å². The number of anilines is 1. The fourth-order valence-electron chi connectivity index (χ4n) is 1.78. The highest BCUT2D eigenvalue weighted by molar-refractivity contribution is 9.10. The van der Waals surface area contributed by atoms with E-state index in [-0.39, 0.29) is 17.8 Å². The maximum atomic E-state index is 13.2. The third-order valence-electron chi connectivity index (χ3n) is 2.82. The summed E-state index contributed by atoms with van der Waals surface area (Å²) in [6.45, 7) is 0. The molecule has 0 saturated heterocycles. The van der Waals surface area contributed by atoms with E-state index in [1.54, 1.807) is 30.3 Å². The summed E-state index contributed by atoms with van der Waals surface area (Å²) in [6.07, 6.45) is 0. The van der Waals surface area contributed by atoms with Crippen molar-refractivity contribution in [3.63, 3.8) is 0 Å². The lowest BCUT2D eigenvalue weighted by atomic mass is 10.2. The van der Waals surface area contributed by atoms with E-state index in [1.807, 2.05) is 0 Å². The van der Waals surface area contributed by atoms with E-state index >= 15 is 0 Å². The van der Waals surface area contributed by atoms with Gasteiger partial charge in [0, 0.05) is 15.6 Å². The van der Waals surface area contributed by atoms with Crippen LogP contribution in [0.1, 0.15) is 10.4 Å². The van der Waals surface area contributed by atoms with Crippen molar-refractivity contribution in [1.82, 2.24) is 10.2 Å². The first-order valence-corrected chi connectivity index (χ1v) is 7.07. The van der Waals surface area contributed by atoms with Gasteiger partial charge in [-0.15, -0.1) is 5.10 Å². The van der Waals surface area contributed by atoms with E-state index in [0.29, 0.717) is 11.1 Å². The van der Waals surface area contributed by atoms with Crippen LogP contribution < -0.4 is 5.32 Å². The molecule has 3 rings (SSSR count). The number of benzene rings is 2. The number of hydrogen-bond acceptors (Lipinski definition) is 4. The van der Waals surface area contributed by atoms with Crippen LogP contribution in [0.5, 0.6) is 0 Å². The van der Waals surface area contributed by atoms with Crippen LogP contribution in [-0.2, 0) is 0 Å². The van der Waals surface area contributed by atoms with Crippen molar-refractivity contribution in [3.05, 3.63) is 64.4 Å². The number of nitrogens with zero attached hydrogens (tertiary/aromatic N) is 2. The molecule has 0 unspecified atom stereocenters. The molecule has 0 fully saturated rings. The highest BCUT2D eigenvalue weighted by Crippen LogP contribution is 2.21. The van der Waals surface area contributed by atoms with E-state index in [2.05, 4.69) is 31.4 Å². The Balaban J connectivity index is 1.77. The third kappa shape index (κ3) is 3.20. The summed E-state index contributed by atoms with van der Waals surface area (Å²) in [5.74, 6) is -0.649. The van der Waals surface area contributed by atoms with E-state index in [9.17, 15) is 9.18 Å². The summed E-state index contributed by atoms with van der Waals surface area (Å²) >= 11 is 3.29. The molecular weight excluding hydrogens is 353 g/mol. The molecule has 3 aromatic rings. The second-order valence-corrected chi connectivity index (χ2v) is 5.30. The molecule has 2 aromatic carbocycles. The quantitative estimate of drug-likeness (QED) is 0.768. The monoisotopic (exact) mass is 361 g/mol. The highest BCUT2D eigenvalue weighted by atomic mass is 79.9. The SMILES string of the molecule is O=C(Nc1nnc(-c2cccc(F)c2)o1)c1ccc(Br)cc1. The van der Waals surface area contributed by atoms with Crippen molar-refractivity contribution in [2.45, 2.75) is 0 Å². The molecule has 22 heavy (non-hydrogen) atoms. The van der Waals surface area contributed by atoms with E-state index in [0.717, 1.165) is 4.47 Å². The second kappa shape index (κ2) is 6.07. The Morgan fingerprint density at radius 2 is 1.91 bits per heavy atom. The maximum Gasteiger partial charge on any atom is 0.322 e. The van der Waals surface area contributed by atoms with Crippen molar-refractivity contribution in [2.75, 3.05) is 5.32 Å². The first-order chi connectivity index (χ1) is 10.6. The standard InChI is InChI=1S/C15H9BrFN3O2/c16-11-6-4-9(5-7-11)13(21)18-15-20-19-14(22-15)10-2-1-3-12(17)8-10/h1-8H,(H,18,20,21). The van der Waals surface area contributed by atoms with Gasteiger partial charge in [0.05, 0.1) is 0 Å². The number of hydrogen-bond donors (Lipinski definition) is 1. The largest absolute Gasteiger partial charge is 0.403 e. The number of nitrogens with one attached hydrogen (secondary N) is 1. The summed E-state index contributed by atoms with van der Waals surface area (Å²) in [7, 11) is 0. The Kier molecular flexibility index (Phi) is 3.97. The van der Waals surface area contributed by atoms with Crippen LogP contribution >= 0.6 is 15.9 Å². The zero-order valence-electron chi connectivity index (χ0n) is 11.1. The van der Waals surface area contributed by atoms with Crippen LogP contribution in [0.4, 0.5) is 10.4 Å². The number of amides is 1. The van der Waals surface area contributed by atoms with Crippen LogP contribution in [-0.4, -0.2) is 16.1 Å². The van der Waals surface area contributed by atoms with Gasteiger partial charge in [0.25, 0.3) is 5.91 Å². The fraction of sp³-hybridized carbons (Fsp3) is 0. The molecule has 1 amide bonds. The lowest BCUT2D eigenvalue weighted by Crippen LogP contribution is -2.11. The van der Waals surface area contributed by atoms with Gasteiger partial charge < -0.3 is 4.42 Å². The molecule has 0 radical (unpaired) electrons. The molecule has 0 aliphatic heterocycles. The minimum atomic E-state index is -0.406. The molecular formula is C15H9BrFN3O2. The molecule has 5 nitrogen and oxygen atoms in total. The smallest absolute Gasteiger partial charge is 0.322 e. The van der Waals surface area contributed by atoms with Crippen molar-refractivity contribution < 1.29 is 13.6 Å². The van der Waals surface area contributed by atoms with E-state index < -0.39 is 5.82 Å². The van der Waals surface area contributed by atoms with Crippen molar-refractivity contribution >= 4 is 27.9 Å². The maximum absolute atomic E-state index is 13.2. The lowest BCUT2D eigenvalue weighted by Gasteiger charge is -2.00. The Hall–Kier alpha value is -2.54. The average Bonchev–Trinajstić information content (AvgIpc) is 2.96. The number of carbonyl (C=O) groups excluding carboxylic acids is 1. The summed E-state index contributed by atoms with van der Waals surface area (Å²) < 4.78 is 19.3. The molecule has 0 aliphatic carbocycles. The van der Waals surface area contributed by atoms with Crippen LogP contribution in [0.2, 0.25) is 0 Å². The number of carbonyl (C=O) groups is 1. The molecule has 7 heteroatoms. The first kappa shape index (κ1) is 14.4. The molecule has 0 bridgehead atoms. The van der Waals surface area contributed by atoms with Gasteiger partial charge in [-0.25, -0.2) is 4.39 Å². The van der Waals surface area contributed by atoms with Gasteiger partial charge in [-0.1, -0.05) is 27.1 Å². The predicted octanol–water partition coefficient (Wildman–Crippen LogP) is 3.89. The molecule has 1 aromatic heterocycles. The predicted molar refractivity (Wildman–Crippen MR) is 81.8 cm³/mol. The zero-order chi connectivity index (χ0) is 15.5. The number of halogens is 2. The van der Waals surface area contributed by atoms with Crippen LogP contribution in [0, 0.1) is 5.82 Å². The third-order valence-corrected chi connectivity index (χ3v) is 3.35. The molecule has 1 heterocycles. The highest BCUT2D eigenvalue weighted by Gasteiger charge is 2.13. The minimum absolute atomic E-state index is 0.0489. The van der Waals surface area contributed by atoms with E-state index in [4.69, 9.17) is 4.42 Å². The van der Waals surface area contributed by atoms with Crippen molar-refractivity contribution in [1.29, 1.82) is 0 Å². The van der Waals surface area contributed by atoms with Crippen LogP contribution in [0.25, 0.3) is 11.5 Å². The topological polar surface area (TPSA) is 68.0 Å². The van der Waals surface area contributed by atoms with Crippen LogP contribution in [0.3, 0.4) is 0 Å². The minimum Gasteiger partial charge on any atom is -0.403 e. The first-order valence-electron chi connectivity index (χ1n) is 6.28. The van der Waals surface area contributed by atoms with Crippen LogP contribution in [0.15, 0.2) is 57.4 Å². The van der Waals surface area contributed by atoms with Gasteiger partial charge in [0.2, 0.25) is 5.89 Å². The lowest BCUT2D eigenvalue weighted by molar-refractivity contribution is 0.102.